The Morgan fingerprint density at radius 3 is 2.68 bits per heavy atom. The Balaban J connectivity index is 2.55. The Labute approximate surface area is 112 Å². The first-order valence-electron chi connectivity index (χ1n) is 6.22. The molecule has 0 bridgehead atoms. The van der Waals surface area contributed by atoms with Crippen molar-refractivity contribution in [1.82, 2.24) is 5.32 Å². The van der Waals surface area contributed by atoms with E-state index in [1.807, 2.05) is 6.92 Å². The number of benzene rings is 1. The average molecular weight is 269 g/mol. The van der Waals surface area contributed by atoms with Crippen molar-refractivity contribution in [3.05, 3.63) is 29.6 Å². The number of aliphatic hydroxyl groups excluding tert-OH is 1. The molecule has 0 fully saturated rings. The molecule has 0 heterocycles. The van der Waals surface area contributed by atoms with Crippen molar-refractivity contribution in [2.24, 2.45) is 0 Å². The summed E-state index contributed by atoms with van der Waals surface area (Å²) >= 11 is 0. The second kappa shape index (κ2) is 7.09. The van der Waals surface area contributed by atoms with Gasteiger partial charge in [-0.3, -0.25) is 4.79 Å². The molecule has 106 valence electrons. The molecule has 0 saturated heterocycles. The topological polar surface area (TPSA) is 58.6 Å². The van der Waals surface area contributed by atoms with Gasteiger partial charge in [0.25, 0.3) is 0 Å². The highest BCUT2D eigenvalue weighted by atomic mass is 19.1. The van der Waals surface area contributed by atoms with Gasteiger partial charge in [0.15, 0.2) is 11.6 Å². The molecule has 1 aromatic carbocycles. The van der Waals surface area contributed by atoms with Crippen LogP contribution in [0.3, 0.4) is 0 Å². The predicted octanol–water partition coefficient (Wildman–Crippen LogP) is 1.65. The summed E-state index contributed by atoms with van der Waals surface area (Å²) < 4.78 is 18.3. The van der Waals surface area contributed by atoms with Crippen LogP contribution in [0.5, 0.6) is 5.75 Å². The quantitative estimate of drug-likeness (QED) is 0.825. The van der Waals surface area contributed by atoms with Crippen LogP contribution < -0.4 is 10.1 Å². The summed E-state index contributed by atoms with van der Waals surface area (Å²) in [4.78, 5) is 11.7. The van der Waals surface area contributed by atoms with Gasteiger partial charge < -0.3 is 15.2 Å². The number of halogens is 1. The van der Waals surface area contributed by atoms with E-state index in [0.717, 1.165) is 0 Å². The summed E-state index contributed by atoms with van der Waals surface area (Å²) in [6.07, 6.45) is 0.127. The lowest BCUT2D eigenvalue weighted by Gasteiger charge is -2.15. The number of methoxy groups -OCH3 is 1. The summed E-state index contributed by atoms with van der Waals surface area (Å²) in [6.45, 7) is 3.49. The van der Waals surface area contributed by atoms with Gasteiger partial charge in [0, 0.05) is 6.04 Å². The number of carbonyl (C=O) groups is 1. The van der Waals surface area contributed by atoms with Gasteiger partial charge in [0.1, 0.15) is 0 Å². The fourth-order valence-corrected chi connectivity index (χ4v) is 1.90. The molecular weight excluding hydrogens is 249 g/mol. The maximum atomic E-state index is 13.4. The van der Waals surface area contributed by atoms with Gasteiger partial charge in [-0.05, 0) is 38.0 Å². The van der Waals surface area contributed by atoms with Gasteiger partial charge in [-0.25, -0.2) is 4.39 Å². The fraction of sp³-hybridized carbons (Fsp3) is 0.500. The van der Waals surface area contributed by atoms with E-state index >= 15 is 0 Å². The average Bonchev–Trinajstić information content (AvgIpc) is 2.27. The normalized spacial score (nSPS) is 13.7. The van der Waals surface area contributed by atoms with Crippen molar-refractivity contribution in [2.45, 2.75) is 38.8 Å². The molecule has 2 unspecified atom stereocenters. The van der Waals surface area contributed by atoms with Crippen LogP contribution in [0.1, 0.15) is 25.8 Å². The van der Waals surface area contributed by atoms with E-state index in [2.05, 4.69) is 5.32 Å². The van der Waals surface area contributed by atoms with Gasteiger partial charge >= 0.3 is 0 Å². The van der Waals surface area contributed by atoms with Crippen molar-refractivity contribution >= 4 is 5.91 Å². The Kier molecular flexibility index (Phi) is 5.76. The van der Waals surface area contributed by atoms with E-state index in [1.165, 1.54) is 19.2 Å². The molecule has 1 rings (SSSR count). The molecule has 19 heavy (non-hydrogen) atoms. The Hall–Kier alpha value is -1.62. The highest BCUT2D eigenvalue weighted by Crippen LogP contribution is 2.17. The Morgan fingerprint density at radius 1 is 1.47 bits per heavy atom. The SMILES string of the molecule is COc1ccc(CC(=O)NC(C)CC(C)O)cc1F. The molecule has 2 N–H and O–H groups in total. The molecular formula is C14H20FNO3. The van der Waals surface area contributed by atoms with Crippen LogP contribution in [-0.4, -0.2) is 30.3 Å². The van der Waals surface area contributed by atoms with Crippen LogP contribution in [0.15, 0.2) is 18.2 Å². The zero-order chi connectivity index (χ0) is 14.4. The number of nitrogens with one attached hydrogen (secondary N) is 1. The third kappa shape index (κ3) is 5.26. The minimum atomic E-state index is -0.482. The third-order valence-corrected chi connectivity index (χ3v) is 2.68. The first kappa shape index (κ1) is 15.4. The molecule has 0 aliphatic rings. The number of hydrogen-bond donors (Lipinski definition) is 2. The molecule has 0 spiro atoms. The number of hydrogen-bond acceptors (Lipinski definition) is 3. The van der Waals surface area contributed by atoms with Crippen molar-refractivity contribution < 1.29 is 19.0 Å². The highest BCUT2D eigenvalue weighted by Gasteiger charge is 2.11. The van der Waals surface area contributed by atoms with E-state index in [-0.39, 0.29) is 24.1 Å². The van der Waals surface area contributed by atoms with Crippen molar-refractivity contribution in [2.75, 3.05) is 7.11 Å². The molecule has 0 aromatic heterocycles. The zero-order valence-electron chi connectivity index (χ0n) is 11.4. The lowest BCUT2D eigenvalue weighted by molar-refractivity contribution is -0.121. The summed E-state index contributed by atoms with van der Waals surface area (Å²) in [7, 11) is 1.39. The van der Waals surface area contributed by atoms with E-state index in [9.17, 15) is 14.3 Å². The number of ether oxygens (including phenoxy) is 1. The summed E-state index contributed by atoms with van der Waals surface area (Å²) in [5.41, 5.74) is 0.583. The van der Waals surface area contributed by atoms with Gasteiger partial charge in [-0.15, -0.1) is 0 Å². The third-order valence-electron chi connectivity index (χ3n) is 2.68. The maximum absolute atomic E-state index is 13.4. The van der Waals surface area contributed by atoms with Crippen molar-refractivity contribution in [1.29, 1.82) is 0 Å². The summed E-state index contributed by atoms with van der Waals surface area (Å²) in [5.74, 6) is -0.519. The van der Waals surface area contributed by atoms with Crippen molar-refractivity contribution in [3.63, 3.8) is 0 Å². The molecule has 0 aliphatic carbocycles. The molecule has 0 saturated carbocycles. The molecule has 5 heteroatoms. The number of amides is 1. The summed E-state index contributed by atoms with van der Waals surface area (Å²) in [5, 5.41) is 12.0. The monoisotopic (exact) mass is 269 g/mol. The Bertz CT molecular complexity index is 435. The molecule has 1 amide bonds. The highest BCUT2D eigenvalue weighted by molar-refractivity contribution is 5.78. The molecule has 0 radical (unpaired) electrons. The van der Waals surface area contributed by atoms with Crippen LogP contribution in [0.4, 0.5) is 4.39 Å². The minimum Gasteiger partial charge on any atom is -0.494 e. The largest absolute Gasteiger partial charge is 0.494 e. The molecule has 1 aromatic rings. The first-order valence-corrected chi connectivity index (χ1v) is 6.22. The molecule has 2 atom stereocenters. The van der Waals surface area contributed by atoms with Gasteiger partial charge in [0.2, 0.25) is 5.91 Å². The van der Waals surface area contributed by atoms with E-state index in [1.54, 1.807) is 13.0 Å². The number of carbonyl (C=O) groups excluding carboxylic acids is 1. The van der Waals surface area contributed by atoms with Crippen LogP contribution in [0.2, 0.25) is 0 Å². The van der Waals surface area contributed by atoms with E-state index < -0.39 is 11.9 Å². The smallest absolute Gasteiger partial charge is 0.224 e. The number of aliphatic hydroxyl groups is 1. The van der Waals surface area contributed by atoms with Crippen molar-refractivity contribution in [3.8, 4) is 5.75 Å². The second-order valence-corrected chi connectivity index (χ2v) is 4.70. The van der Waals surface area contributed by atoms with E-state index in [0.29, 0.717) is 12.0 Å². The minimum absolute atomic E-state index is 0.102. The molecule has 4 nitrogen and oxygen atoms in total. The van der Waals surface area contributed by atoms with Gasteiger partial charge in [0.05, 0.1) is 19.6 Å². The van der Waals surface area contributed by atoms with Crippen LogP contribution in [-0.2, 0) is 11.2 Å². The van der Waals surface area contributed by atoms with E-state index in [4.69, 9.17) is 4.74 Å². The van der Waals surface area contributed by atoms with Crippen LogP contribution in [0.25, 0.3) is 0 Å². The molecule has 0 aliphatic heterocycles. The number of rotatable bonds is 6. The van der Waals surface area contributed by atoms with Gasteiger partial charge in [-0.2, -0.15) is 0 Å². The van der Waals surface area contributed by atoms with Gasteiger partial charge in [-0.1, -0.05) is 6.07 Å². The second-order valence-electron chi connectivity index (χ2n) is 4.70. The fourth-order valence-electron chi connectivity index (χ4n) is 1.90. The Morgan fingerprint density at radius 2 is 2.16 bits per heavy atom. The standard InChI is InChI=1S/C14H20FNO3/c1-9(6-10(2)17)16-14(18)8-11-4-5-13(19-3)12(15)7-11/h4-5,7,9-10,17H,6,8H2,1-3H3,(H,16,18). The van der Waals surface area contributed by atoms with Crippen LogP contribution >= 0.6 is 0 Å². The van der Waals surface area contributed by atoms with Crippen LogP contribution in [0, 0.1) is 5.82 Å². The predicted molar refractivity (Wildman–Crippen MR) is 70.6 cm³/mol. The lowest BCUT2D eigenvalue weighted by Crippen LogP contribution is -2.35. The first-order chi connectivity index (χ1) is 8.92. The maximum Gasteiger partial charge on any atom is 0.224 e. The lowest BCUT2D eigenvalue weighted by atomic mass is 10.1. The zero-order valence-corrected chi connectivity index (χ0v) is 11.4. The summed E-state index contributed by atoms with van der Waals surface area (Å²) in [6, 6.07) is 4.33.